The van der Waals surface area contributed by atoms with Gasteiger partial charge in [0.25, 0.3) is 0 Å². The molecule has 114 valence electrons. The average molecular weight is 329 g/mol. The van der Waals surface area contributed by atoms with Crippen molar-refractivity contribution < 1.29 is 13.5 Å². The maximum atomic E-state index is 12.2. The lowest BCUT2D eigenvalue weighted by Gasteiger charge is -2.04. The summed E-state index contributed by atoms with van der Waals surface area (Å²) in [5.74, 6) is 0. The fourth-order valence-electron chi connectivity index (χ4n) is 2.12. The van der Waals surface area contributed by atoms with Crippen molar-refractivity contribution in [3.05, 3.63) is 38.7 Å². The van der Waals surface area contributed by atoms with Gasteiger partial charge in [0.05, 0.1) is 18.0 Å². The van der Waals surface area contributed by atoms with Gasteiger partial charge in [-0.2, -0.15) is 0 Å². The summed E-state index contributed by atoms with van der Waals surface area (Å²) in [4.78, 5) is 13.5. The van der Waals surface area contributed by atoms with Gasteiger partial charge in [0.2, 0.25) is 10.0 Å². The van der Waals surface area contributed by atoms with Gasteiger partial charge in [-0.1, -0.05) is 11.3 Å². The van der Waals surface area contributed by atoms with Crippen LogP contribution in [0.3, 0.4) is 0 Å². The molecule has 0 unspecified atom stereocenters. The van der Waals surface area contributed by atoms with Gasteiger partial charge in [-0.3, -0.25) is 4.79 Å². The van der Waals surface area contributed by atoms with Crippen molar-refractivity contribution in [2.45, 2.75) is 36.9 Å². The molecule has 0 aliphatic heterocycles. The van der Waals surface area contributed by atoms with Gasteiger partial charge in [-0.05, 0) is 18.9 Å². The van der Waals surface area contributed by atoms with Gasteiger partial charge >= 0.3 is 4.87 Å². The number of sulfonamides is 1. The average Bonchev–Trinajstić information content (AvgIpc) is 3.05. The fraction of sp³-hybridized carbons (Fsp3) is 0.417. The maximum absolute atomic E-state index is 12.2. The second-order valence-corrected chi connectivity index (χ2v) is 7.57. The summed E-state index contributed by atoms with van der Waals surface area (Å²) in [6.45, 7) is -0.159. The number of aliphatic hydroxyl groups is 1. The van der Waals surface area contributed by atoms with E-state index in [1.54, 1.807) is 11.6 Å². The lowest BCUT2D eigenvalue weighted by molar-refractivity contribution is 0.270. The van der Waals surface area contributed by atoms with Crippen LogP contribution in [0.25, 0.3) is 0 Å². The third kappa shape index (κ3) is 3.10. The second kappa shape index (κ2) is 5.41. The number of hydrogen-bond acceptors (Lipinski definition) is 5. The Morgan fingerprint density at radius 1 is 1.48 bits per heavy atom. The zero-order valence-corrected chi connectivity index (χ0v) is 12.7. The highest BCUT2D eigenvalue weighted by Crippen LogP contribution is 2.37. The first-order chi connectivity index (χ1) is 9.99. The summed E-state index contributed by atoms with van der Waals surface area (Å²) in [5, 5.41) is 10.9. The van der Waals surface area contributed by atoms with Gasteiger partial charge in [-0.15, -0.1) is 0 Å². The van der Waals surface area contributed by atoms with Crippen molar-refractivity contribution in [3.8, 4) is 0 Å². The minimum Gasteiger partial charge on any atom is -0.390 e. The molecule has 0 amide bonds. The molecule has 2 aromatic heterocycles. The molecular weight excluding hydrogens is 314 g/mol. The molecule has 3 rings (SSSR count). The quantitative estimate of drug-likeness (QED) is 0.719. The van der Waals surface area contributed by atoms with Gasteiger partial charge < -0.3 is 14.7 Å². The van der Waals surface area contributed by atoms with E-state index in [0.717, 1.165) is 24.2 Å². The Labute approximate surface area is 125 Å². The number of aliphatic hydroxyl groups excluding tert-OH is 1. The van der Waals surface area contributed by atoms with Crippen molar-refractivity contribution in [1.29, 1.82) is 0 Å². The molecule has 2 heterocycles. The van der Waals surface area contributed by atoms with Crippen LogP contribution >= 0.6 is 11.3 Å². The Hall–Kier alpha value is -1.42. The minimum absolute atomic E-state index is 0.0319. The third-order valence-corrected chi connectivity index (χ3v) is 5.43. The predicted molar refractivity (Wildman–Crippen MR) is 77.6 cm³/mol. The molecular formula is C12H15N3O4S2. The number of H-pyrrole nitrogens is 1. The van der Waals surface area contributed by atoms with Gasteiger partial charge in [0.1, 0.15) is 0 Å². The van der Waals surface area contributed by atoms with Crippen LogP contribution < -0.4 is 9.60 Å². The van der Waals surface area contributed by atoms with E-state index in [4.69, 9.17) is 0 Å². The first-order valence-corrected chi connectivity index (χ1v) is 8.84. The lowest BCUT2D eigenvalue weighted by Crippen LogP contribution is -2.23. The second-order valence-electron chi connectivity index (χ2n) is 4.96. The molecule has 0 aromatic carbocycles. The summed E-state index contributed by atoms with van der Waals surface area (Å²) >= 11 is 0.990. The molecule has 3 N–H and O–H groups in total. The molecule has 0 spiro atoms. The van der Waals surface area contributed by atoms with Crippen molar-refractivity contribution >= 4 is 21.4 Å². The Morgan fingerprint density at radius 3 is 2.81 bits per heavy atom. The molecule has 1 fully saturated rings. The van der Waals surface area contributed by atoms with E-state index < -0.39 is 10.0 Å². The van der Waals surface area contributed by atoms with Crippen molar-refractivity contribution in [2.75, 3.05) is 0 Å². The highest BCUT2D eigenvalue weighted by atomic mass is 32.2. The van der Waals surface area contributed by atoms with Crippen molar-refractivity contribution in [3.63, 3.8) is 0 Å². The molecule has 1 aliphatic carbocycles. The number of thiazole rings is 1. The first-order valence-electron chi connectivity index (χ1n) is 6.47. The largest absolute Gasteiger partial charge is 0.390 e. The number of aromatic amines is 1. The Kier molecular flexibility index (Phi) is 3.74. The van der Waals surface area contributed by atoms with E-state index in [-0.39, 0.29) is 22.9 Å². The predicted octanol–water partition coefficient (Wildman–Crippen LogP) is 0.544. The van der Waals surface area contributed by atoms with Gasteiger partial charge in [-0.25, -0.2) is 13.1 Å². The van der Waals surface area contributed by atoms with Gasteiger partial charge in [0.15, 0.2) is 0 Å². The fourth-order valence-corrected chi connectivity index (χ4v) is 3.76. The molecule has 1 aliphatic rings. The lowest BCUT2D eigenvalue weighted by atomic mass is 10.4. The summed E-state index contributed by atoms with van der Waals surface area (Å²) < 4.78 is 28.7. The number of nitrogens with one attached hydrogen (secondary N) is 2. The van der Waals surface area contributed by atoms with E-state index in [1.165, 1.54) is 6.07 Å². The van der Waals surface area contributed by atoms with Crippen molar-refractivity contribution in [2.24, 2.45) is 0 Å². The number of hydrogen-bond donors (Lipinski definition) is 3. The SMILES string of the molecule is O=c1[nH]c(CNS(=O)(=O)c2cc(CO)n(C3CC3)c2)cs1. The normalized spacial score (nSPS) is 15.5. The zero-order chi connectivity index (χ0) is 15.0. The summed E-state index contributed by atoms with van der Waals surface area (Å²) in [6.07, 6.45) is 3.57. The molecule has 1 saturated carbocycles. The molecule has 2 aromatic rings. The molecule has 0 bridgehead atoms. The summed E-state index contributed by atoms with van der Waals surface area (Å²) in [6, 6.07) is 1.78. The van der Waals surface area contributed by atoms with Crippen LogP contribution in [0.15, 0.2) is 27.3 Å². The topological polar surface area (TPSA) is 104 Å². The standard InChI is InChI=1S/C12H15N3O4S2/c16-6-10-3-11(5-15(10)9-1-2-9)21(18,19)13-4-8-7-20-12(17)14-8/h3,5,7,9,13,16H,1-2,4,6H2,(H,14,17). The van der Waals surface area contributed by atoms with E-state index >= 15 is 0 Å². The van der Waals surface area contributed by atoms with E-state index in [1.807, 2.05) is 4.57 Å². The van der Waals surface area contributed by atoms with Crippen LogP contribution in [0, 0.1) is 0 Å². The number of rotatable bonds is 6. The minimum atomic E-state index is -3.67. The Morgan fingerprint density at radius 2 is 2.24 bits per heavy atom. The molecule has 9 heteroatoms. The third-order valence-electron chi connectivity index (χ3n) is 3.34. The zero-order valence-electron chi connectivity index (χ0n) is 11.1. The smallest absolute Gasteiger partial charge is 0.304 e. The van der Waals surface area contributed by atoms with Crippen LogP contribution in [0.4, 0.5) is 0 Å². The molecule has 0 radical (unpaired) electrons. The first kappa shape index (κ1) is 14.5. The molecule has 21 heavy (non-hydrogen) atoms. The summed E-state index contributed by atoms with van der Waals surface area (Å²) in [7, 11) is -3.67. The van der Waals surface area contributed by atoms with Crippen LogP contribution in [0.5, 0.6) is 0 Å². The van der Waals surface area contributed by atoms with Crippen molar-refractivity contribution in [1.82, 2.24) is 14.3 Å². The number of aromatic nitrogens is 2. The van der Waals surface area contributed by atoms with E-state index in [9.17, 15) is 18.3 Å². The monoisotopic (exact) mass is 329 g/mol. The Balaban J connectivity index is 1.79. The van der Waals surface area contributed by atoms with Crippen LogP contribution in [0.1, 0.15) is 30.3 Å². The van der Waals surface area contributed by atoms with E-state index in [0.29, 0.717) is 17.4 Å². The molecule has 0 saturated heterocycles. The summed E-state index contributed by atoms with van der Waals surface area (Å²) in [5.41, 5.74) is 1.12. The van der Waals surface area contributed by atoms with Crippen LogP contribution in [-0.4, -0.2) is 23.1 Å². The van der Waals surface area contributed by atoms with Gasteiger partial charge in [0, 0.05) is 29.0 Å². The molecule has 0 atom stereocenters. The number of nitrogens with zero attached hydrogens (tertiary/aromatic N) is 1. The maximum Gasteiger partial charge on any atom is 0.304 e. The Bertz CT molecular complexity index is 799. The molecule has 7 nitrogen and oxygen atoms in total. The van der Waals surface area contributed by atoms with Crippen LogP contribution in [0.2, 0.25) is 0 Å². The van der Waals surface area contributed by atoms with E-state index in [2.05, 4.69) is 9.71 Å². The highest BCUT2D eigenvalue weighted by molar-refractivity contribution is 7.89. The van der Waals surface area contributed by atoms with Crippen LogP contribution in [-0.2, 0) is 23.2 Å². The highest BCUT2D eigenvalue weighted by Gasteiger charge is 2.28.